The van der Waals surface area contributed by atoms with Gasteiger partial charge >= 0.3 is 0 Å². The molecule has 0 aliphatic rings. The molecule has 0 radical (unpaired) electrons. The van der Waals surface area contributed by atoms with E-state index in [0.717, 1.165) is 16.8 Å². The zero-order valence-electron chi connectivity index (χ0n) is 20.8. The highest BCUT2D eigenvalue weighted by Crippen LogP contribution is 2.39. The molecule has 190 valence electrons. The maximum atomic E-state index is 12.6. The molecule has 0 atom stereocenters. The molecule has 2 aromatic heterocycles. The van der Waals surface area contributed by atoms with E-state index in [1.165, 1.54) is 32.2 Å². The largest absolute Gasteiger partial charge is 0.493 e. The van der Waals surface area contributed by atoms with Crippen molar-refractivity contribution in [3.8, 4) is 34.3 Å². The highest BCUT2D eigenvalue weighted by atomic mass is 32.2. The maximum Gasteiger partial charge on any atom is 0.250 e. The average Bonchev–Trinajstić information content (AvgIpc) is 3.36. The highest BCUT2D eigenvalue weighted by Gasteiger charge is 2.18. The minimum absolute atomic E-state index is 0.0841. The summed E-state index contributed by atoms with van der Waals surface area (Å²) >= 11 is 1.26. The molecule has 2 heterocycles. The molecule has 1 amide bonds. The summed E-state index contributed by atoms with van der Waals surface area (Å²) in [6.07, 6.45) is 4.89. The summed E-state index contributed by atoms with van der Waals surface area (Å²) in [6, 6.07) is 15.3. The highest BCUT2D eigenvalue weighted by molar-refractivity contribution is 7.99. The molecule has 11 heteroatoms. The van der Waals surface area contributed by atoms with Crippen molar-refractivity contribution >= 4 is 23.9 Å². The Bertz CT molecular complexity index is 1390. The van der Waals surface area contributed by atoms with E-state index in [1.807, 2.05) is 47.9 Å². The predicted octanol–water partition coefficient (Wildman–Crippen LogP) is 3.91. The van der Waals surface area contributed by atoms with Gasteiger partial charge in [0.25, 0.3) is 5.91 Å². The zero-order valence-corrected chi connectivity index (χ0v) is 21.7. The lowest BCUT2D eigenvalue weighted by atomic mass is 10.2. The van der Waals surface area contributed by atoms with Gasteiger partial charge in [-0.25, -0.2) is 5.43 Å². The summed E-state index contributed by atoms with van der Waals surface area (Å²) in [5.41, 5.74) is 6.06. The van der Waals surface area contributed by atoms with Gasteiger partial charge in [0.1, 0.15) is 0 Å². The Hall–Kier alpha value is -4.38. The summed E-state index contributed by atoms with van der Waals surface area (Å²) in [5, 5.41) is 13.4. The van der Waals surface area contributed by atoms with Crippen LogP contribution in [0.3, 0.4) is 0 Å². The smallest absolute Gasteiger partial charge is 0.250 e. The van der Waals surface area contributed by atoms with Gasteiger partial charge in [0.15, 0.2) is 22.5 Å². The molecule has 0 fully saturated rings. The molecule has 0 saturated carbocycles. The first-order valence-corrected chi connectivity index (χ1v) is 12.2. The van der Waals surface area contributed by atoms with E-state index in [4.69, 9.17) is 14.2 Å². The van der Waals surface area contributed by atoms with E-state index in [2.05, 4.69) is 25.7 Å². The van der Waals surface area contributed by atoms with Gasteiger partial charge in [0, 0.05) is 29.2 Å². The normalized spacial score (nSPS) is 10.9. The van der Waals surface area contributed by atoms with Gasteiger partial charge in [0.2, 0.25) is 5.75 Å². The van der Waals surface area contributed by atoms with Crippen LogP contribution >= 0.6 is 11.8 Å². The van der Waals surface area contributed by atoms with Crippen LogP contribution in [-0.2, 0) is 4.79 Å². The summed E-state index contributed by atoms with van der Waals surface area (Å²) in [5.74, 6) is 1.86. The monoisotopic (exact) mass is 518 g/mol. The Morgan fingerprint density at radius 2 is 1.70 bits per heavy atom. The van der Waals surface area contributed by atoms with Gasteiger partial charge < -0.3 is 14.2 Å². The molecule has 2 aromatic carbocycles. The summed E-state index contributed by atoms with van der Waals surface area (Å²) in [4.78, 5) is 16.6. The van der Waals surface area contributed by atoms with Crippen molar-refractivity contribution in [2.75, 3.05) is 27.1 Å². The maximum absolute atomic E-state index is 12.6. The standard InChI is InChI=1S/C26H26N6O4S/c1-17-5-8-20(9-6-17)32-25(18-11-13-27-14-12-18)30-31-26(32)37-16-22(33)29-28-15-19-7-10-21(34-2)24(36-4)23(19)35-3/h5-15H,16H2,1-4H3,(H,29,33)/b28-15+. The van der Waals surface area contributed by atoms with Crippen molar-refractivity contribution in [2.45, 2.75) is 12.1 Å². The molecule has 10 nitrogen and oxygen atoms in total. The van der Waals surface area contributed by atoms with Crippen LogP contribution in [0.1, 0.15) is 11.1 Å². The fourth-order valence-corrected chi connectivity index (χ4v) is 4.28. The fraction of sp³-hybridized carbons (Fsp3) is 0.192. The number of carbonyl (C=O) groups excluding carboxylic acids is 1. The van der Waals surface area contributed by atoms with Crippen molar-refractivity contribution in [1.82, 2.24) is 25.2 Å². The number of nitrogens with one attached hydrogen (secondary N) is 1. The van der Waals surface area contributed by atoms with Gasteiger partial charge in [-0.2, -0.15) is 5.10 Å². The van der Waals surface area contributed by atoms with E-state index in [0.29, 0.717) is 33.8 Å². The number of hydrogen-bond acceptors (Lipinski definition) is 9. The number of hydrazone groups is 1. The topological polar surface area (TPSA) is 113 Å². The summed E-state index contributed by atoms with van der Waals surface area (Å²) < 4.78 is 18.0. The molecule has 4 rings (SSSR count). The van der Waals surface area contributed by atoms with Crippen LogP contribution in [0.5, 0.6) is 17.2 Å². The second-order valence-corrected chi connectivity index (χ2v) is 8.66. The van der Waals surface area contributed by atoms with Gasteiger partial charge in [-0.15, -0.1) is 10.2 Å². The van der Waals surface area contributed by atoms with Gasteiger partial charge in [-0.1, -0.05) is 29.5 Å². The number of thioether (sulfide) groups is 1. The van der Waals surface area contributed by atoms with Crippen molar-refractivity contribution in [3.63, 3.8) is 0 Å². The van der Waals surface area contributed by atoms with Crippen molar-refractivity contribution in [1.29, 1.82) is 0 Å². The van der Waals surface area contributed by atoms with Gasteiger partial charge in [0.05, 0.1) is 33.3 Å². The SMILES string of the molecule is COc1ccc(/C=N/NC(=O)CSc2nnc(-c3ccncc3)n2-c2ccc(C)cc2)c(OC)c1OC. The third kappa shape index (κ3) is 5.89. The number of carbonyl (C=O) groups is 1. The Labute approximate surface area is 218 Å². The first kappa shape index (κ1) is 25.7. The first-order valence-electron chi connectivity index (χ1n) is 11.2. The minimum atomic E-state index is -0.301. The number of aromatic nitrogens is 4. The first-order chi connectivity index (χ1) is 18.0. The van der Waals surface area contributed by atoms with Crippen LogP contribution in [0.2, 0.25) is 0 Å². The Morgan fingerprint density at radius 1 is 0.973 bits per heavy atom. The average molecular weight is 519 g/mol. The molecule has 0 aliphatic heterocycles. The number of pyridine rings is 1. The van der Waals surface area contributed by atoms with Crippen molar-refractivity contribution in [2.24, 2.45) is 5.10 Å². The number of rotatable bonds is 10. The molecule has 4 aromatic rings. The molecular weight excluding hydrogens is 492 g/mol. The van der Waals surface area contributed by atoms with Gasteiger partial charge in [-0.05, 0) is 43.3 Å². The van der Waals surface area contributed by atoms with E-state index >= 15 is 0 Å². The predicted molar refractivity (Wildman–Crippen MR) is 142 cm³/mol. The van der Waals surface area contributed by atoms with Crippen LogP contribution in [0.4, 0.5) is 0 Å². The van der Waals surface area contributed by atoms with Crippen LogP contribution in [0.15, 0.2) is 71.2 Å². The number of amides is 1. The zero-order chi connectivity index (χ0) is 26.2. The quantitative estimate of drug-likeness (QED) is 0.191. The number of benzene rings is 2. The van der Waals surface area contributed by atoms with E-state index in [9.17, 15) is 4.79 Å². The third-order valence-corrected chi connectivity index (χ3v) is 6.25. The summed E-state index contributed by atoms with van der Waals surface area (Å²) in [7, 11) is 4.59. The Kier molecular flexibility index (Phi) is 8.37. The number of methoxy groups -OCH3 is 3. The Balaban J connectivity index is 1.49. The number of hydrogen-bond donors (Lipinski definition) is 1. The molecular formula is C26H26N6O4S. The van der Waals surface area contributed by atoms with Crippen molar-refractivity contribution in [3.05, 3.63) is 72.1 Å². The van der Waals surface area contributed by atoms with Crippen molar-refractivity contribution < 1.29 is 19.0 Å². The molecule has 1 N–H and O–H groups in total. The molecule has 0 unspecified atom stereocenters. The van der Waals surface area contributed by atoms with E-state index in [1.54, 1.807) is 31.6 Å². The third-order valence-electron chi connectivity index (χ3n) is 5.32. The lowest BCUT2D eigenvalue weighted by Gasteiger charge is -2.13. The molecule has 0 saturated heterocycles. The van der Waals surface area contributed by atoms with Crippen LogP contribution in [-0.4, -0.2) is 59.0 Å². The molecule has 0 aliphatic carbocycles. The molecule has 37 heavy (non-hydrogen) atoms. The molecule has 0 spiro atoms. The number of aryl methyl sites for hydroxylation is 1. The summed E-state index contributed by atoms with van der Waals surface area (Å²) in [6.45, 7) is 2.03. The van der Waals surface area contributed by atoms with Crippen LogP contribution in [0, 0.1) is 6.92 Å². The lowest BCUT2D eigenvalue weighted by molar-refractivity contribution is -0.118. The number of nitrogens with zero attached hydrogens (tertiary/aromatic N) is 5. The minimum Gasteiger partial charge on any atom is -0.493 e. The van der Waals surface area contributed by atoms with E-state index in [-0.39, 0.29) is 11.7 Å². The van der Waals surface area contributed by atoms with Crippen LogP contribution < -0.4 is 19.6 Å². The van der Waals surface area contributed by atoms with Crippen LogP contribution in [0.25, 0.3) is 17.1 Å². The Morgan fingerprint density at radius 3 is 2.38 bits per heavy atom. The lowest BCUT2D eigenvalue weighted by Crippen LogP contribution is -2.20. The van der Waals surface area contributed by atoms with Gasteiger partial charge in [-0.3, -0.25) is 14.3 Å². The van der Waals surface area contributed by atoms with E-state index < -0.39 is 0 Å². The second-order valence-electron chi connectivity index (χ2n) is 7.72. The number of ether oxygens (including phenoxy) is 3. The fourth-order valence-electron chi connectivity index (χ4n) is 3.54. The molecule has 0 bridgehead atoms. The second kappa shape index (κ2) is 12.0.